The van der Waals surface area contributed by atoms with E-state index in [2.05, 4.69) is 19.2 Å². The summed E-state index contributed by atoms with van der Waals surface area (Å²) in [6.07, 6.45) is 9.16. The van der Waals surface area contributed by atoms with Crippen molar-refractivity contribution in [1.82, 2.24) is 5.32 Å². The highest BCUT2D eigenvalue weighted by atomic mass is 16.5. The van der Waals surface area contributed by atoms with E-state index in [1.807, 2.05) is 0 Å². The van der Waals surface area contributed by atoms with Crippen LogP contribution >= 0.6 is 0 Å². The Morgan fingerprint density at radius 2 is 1.94 bits per heavy atom. The Morgan fingerprint density at radius 1 is 1.17 bits per heavy atom. The molecular formula is C16H27NO. The Bertz CT molecular complexity index is 343. The van der Waals surface area contributed by atoms with Crippen molar-refractivity contribution in [1.29, 1.82) is 0 Å². The van der Waals surface area contributed by atoms with Crippen LogP contribution in [0.1, 0.15) is 52.4 Å². The van der Waals surface area contributed by atoms with Gasteiger partial charge >= 0.3 is 0 Å². The van der Waals surface area contributed by atoms with Crippen molar-refractivity contribution >= 4 is 0 Å². The summed E-state index contributed by atoms with van der Waals surface area (Å²) in [7, 11) is 0. The van der Waals surface area contributed by atoms with Crippen LogP contribution in [0.25, 0.3) is 0 Å². The van der Waals surface area contributed by atoms with Gasteiger partial charge in [0, 0.05) is 30.5 Å². The molecule has 1 aliphatic heterocycles. The van der Waals surface area contributed by atoms with Crippen LogP contribution in [0.3, 0.4) is 0 Å². The molecule has 102 valence electrons. The maximum absolute atomic E-state index is 5.99. The van der Waals surface area contributed by atoms with Gasteiger partial charge in [0.1, 0.15) is 0 Å². The number of nitrogens with one attached hydrogen (secondary N) is 1. The van der Waals surface area contributed by atoms with Gasteiger partial charge < -0.3 is 10.1 Å². The monoisotopic (exact) mass is 249 g/mol. The second-order valence-electron chi connectivity index (χ2n) is 7.91. The van der Waals surface area contributed by atoms with Gasteiger partial charge in [-0.25, -0.2) is 0 Å². The molecule has 1 saturated heterocycles. The van der Waals surface area contributed by atoms with E-state index in [1.165, 1.54) is 45.1 Å². The van der Waals surface area contributed by atoms with Gasteiger partial charge in [-0.3, -0.25) is 0 Å². The summed E-state index contributed by atoms with van der Waals surface area (Å²) in [6.45, 7) is 7.07. The van der Waals surface area contributed by atoms with Crippen LogP contribution in [0.5, 0.6) is 0 Å². The van der Waals surface area contributed by atoms with Crippen LogP contribution < -0.4 is 5.32 Å². The van der Waals surface area contributed by atoms with Crippen molar-refractivity contribution in [2.24, 2.45) is 22.7 Å². The minimum Gasteiger partial charge on any atom is -0.377 e. The molecule has 4 rings (SSSR count). The van der Waals surface area contributed by atoms with Gasteiger partial charge in [-0.15, -0.1) is 0 Å². The molecule has 2 nitrogen and oxygen atoms in total. The zero-order valence-electron chi connectivity index (χ0n) is 11.9. The van der Waals surface area contributed by atoms with Gasteiger partial charge in [-0.05, 0) is 49.9 Å². The Kier molecular flexibility index (Phi) is 2.43. The van der Waals surface area contributed by atoms with Gasteiger partial charge in [0.15, 0.2) is 0 Å². The SMILES string of the molecule is CC1(C)C(NCC2(C3CC3)CC2)C2CCCOC21. The molecule has 18 heavy (non-hydrogen) atoms. The van der Waals surface area contributed by atoms with E-state index in [9.17, 15) is 0 Å². The predicted octanol–water partition coefficient (Wildman–Crippen LogP) is 2.97. The second kappa shape index (κ2) is 3.73. The Balaban J connectivity index is 1.39. The van der Waals surface area contributed by atoms with E-state index in [-0.39, 0.29) is 0 Å². The number of fused-ring (bicyclic) bond motifs is 1. The largest absolute Gasteiger partial charge is 0.377 e. The third-order valence-corrected chi connectivity index (χ3v) is 6.34. The molecule has 1 N–H and O–H groups in total. The Hall–Kier alpha value is -0.0800. The maximum Gasteiger partial charge on any atom is 0.0684 e. The molecule has 0 aromatic carbocycles. The third kappa shape index (κ3) is 1.61. The van der Waals surface area contributed by atoms with Gasteiger partial charge in [0.25, 0.3) is 0 Å². The van der Waals surface area contributed by atoms with Crippen molar-refractivity contribution in [2.45, 2.75) is 64.5 Å². The van der Waals surface area contributed by atoms with Crippen molar-refractivity contribution in [3.63, 3.8) is 0 Å². The summed E-state index contributed by atoms with van der Waals surface area (Å²) in [5.74, 6) is 1.87. The van der Waals surface area contributed by atoms with Gasteiger partial charge in [0.2, 0.25) is 0 Å². The third-order valence-electron chi connectivity index (χ3n) is 6.34. The fourth-order valence-corrected chi connectivity index (χ4v) is 4.84. The Labute approximate surface area is 111 Å². The fourth-order valence-electron chi connectivity index (χ4n) is 4.84. The average molecular weight is 249 g/mol. The zero-order chi connectivity index (χ0) is 12.4. The molecule has 4 fully saturated rings. The minimum atomic E-state index is 0.352. The Morgan fingerprint density at radius 3 is 2.61 bits per heavy atom. The summed E-state index contributed by atoms with van der Waals surface area (Å²) < 4.78 is 5.99. The highest BCUT2D eigenvalue weighted by Crippen LogP contribution is 2.61. The fraction of sp³-hybridized carbons (Fsp3) is 1.00. The lowest BCUT2D eigenvalue weighted by atomic mass is 9.55. The highest BCUT2D eigenvalue weighted by Gasteiger charge is 2.59. The first-order valence-electron chi connectivity index (χ1n) is 7.98. The lowest BCUT2D eigenvalue weighted by Gasteiger charge is -2.60. The van der Waals surface area contributed by atoms with Crippen LogP contribution in [0.4, 0.5) is 0 Å². The molecule has 0 spiro atoms. The molecule has 0 aromatic heterocycles. The van der Waals surface area contributed by atoms with E-state index in [1.54, 1.807) is 0 Å². The van der Waals surface area contributed by atoms with E-state index in [0.717, 1.165) is 23.9 Å². The number of hydrogen-bond acceptors (Lipinski definition) is 2. The van der Waals surface area contributed by atoms with E-state index < -0.39 is 0 Å². The van der Waals surface area contributed by atoms with Crippen LogP contribution in [0, 0.1) is 22.7 Å². The summed E-state index contributed by atoms with van der Waals surface area (Å²) in [5.41, 5.74) is 1.08. The van der Waals surface area contributed by atoms with Crippen LogP contribution in [-0.2, 0) is 4.74 Å². The maximum atomic E-state index is 5.99. The lowest BCUT2D eigenvalue weighted by Crippen LogP contribution is -2.69. The summed E-state index contributed by atoms with van der Waals surface area (Å²) in [5, 5.41) is 3.95. The summed E-state index contributed by atoms with van der Waals surface area (Å²) in [6, 6.07) is 0.707. The normalized spacial score (nSPS) is 44.0. The number of ether oxygens (including phenoxy) is 1. The molecular weight excluding hydrogens is 222 g/mol. The minimum absolute atomic E-state index is 0.352. The second-order valence-corrected chi connectivity index (χ2v) is 7.91. The highest BCUT2D eigenvalue weighted by molar-refractivity contribution is 5.12. The first-order chi connectivity index (χ1) is 8.63. The molecule has 3 unspecified atom stereocenters. The van der Waals surface area contributed by atoms with Crippen molar-refractivity contribution in [3.05, 3.63) is 0 Å². The molecule has 3 atom stereocenters. The van der Waals surface area contributed by atoms with E-state index in [0.29, 0.717) is 17.6 Å². The molecule has 0 aromatic rings. The predicted molar refractivity (Wildman–Crippen MR) is 72.4 cm³/mol. The van der Waals surface area contributed by atoms with Gasteiger partial charge in [-0.1, -0.05) is 13.8 Å². The molecule has 2 heteroatoms. The smallest absolute Gasteiger partial charge is 0.0684 e. The molecule has 0 bridgehead atoms. The quantitative estimate of drug-likeness (QED) is 0.827. The first kappa shape index (κ1) is 11.7. The lowest BCUT2D eigenvalue weighted by molar-refractivity contribution is -0.193. The summed E-state index contributed by atoms with van der Waals surface area (Å²) in [4.78, 5) is 0. The zero-order valence-corrected chi connectivity index (χ0v) is 11.9. The molecule has 0 radical (unpaired) electrons. The molecule has 4 aliphatic rings. The standard InChI is InChI=1S/C16H27NO/c1-15(2)13(12-4-3-9-18-14(12)15)17-10-16(7-8-16)11-5-6-11/h11-14,17H,3-10H2,1-2H3. The first-order valence-corrected chi connectivity index (χ1v) is 7.98. The summed E-state index contributed by atoms with van der Waals surface area (Å²) >= 11 is 0. The van der Waals surface area contributed by atoms with Crippen molar-refractivity contribution < 1.29 is 4.74 Å². The van der Waals surface area contributed by atoms with Crippen molar-refractivity contribution in [3.8, 4) is 0 Å². The topological polar surface area (TPSA) is 21.3 Å². The van der Waals surface area contributed by atoms with Crippen LogP contribution in [-0.4, -0.2) is 25.3 Å². The van der Waals surface area contributed by atoms with Gasteiger partial charge in [0.05, 0.1) is 6.10 Å². The van der Waals surface area contributed by atoms with Crippen LogP contribution in [0.15, 0.2) is 0 Å². The molecule has 3 saturated carbocycles. The number of rotatable bonds is 4. The van der Waals surface area contributed by atoms with Gasteiger partial charge in [-0.2, -0.15) is 0 Å². The molecule has 3 aliphatic carbocycles. The van der Waals surface area contributed by atoms with E-state index in [4.69, 9.17) is 4.74 Å². The molecule has 1 heterocycles. The van der Waals surface area contributed by atoms with Crippen molar-refractivity contribution in [2.75, 3.05) is 13.2 Å². The number of hydrogen-bond donors (Lipinski definition) is 1. The van der Waals surface area contributed by atoms with Crippen LogP contribution in [0.2, 0.25) is 0 Å². The molecule has 0 amide bonds. The van der Waals surface area contributed by atoms with E-state index >= 15 is 0 Å². The average Bonchev–Trinajstić information content (AvgIpc) is 3.22.